The maximum Gasteiger partial charge on any atom is 0.306 e. The number of hydrogen-bond donors (Lipinski definition) is 2. The number of carbonyl (C=O) groups is 1. The molecule has 2 rings (SSSR count). The smallest absolute Gasteiger partial charge is 0.306 e. The van der Waals surface area contributed by atoms with Crippen molar-refractivity contribution in [3.05, 3.63) is 0 Å². The highest BCUT2D eigenvalue weighted by molar-refractivity contribution is 5.70. The summed E-state index contributed by atoms with van der Waals surface area (Å²) < 4.78 is 0. The van der Waals surface area contributed by atoms with Crippen molar-refractivity contribution in [3.63, 3.8) is 0 Å². The molecule has 2 saturated heterocycles. The summed E-state index contributed by atoms with van der Waals surface area (Å²) in [6, 6.07) is 0.628. The minimum atomic E-state index is -0.617. The minimum absolute atomic E-state index is 0.115. The average Bonchev–Trinajstić information content (AvgIpc) is 2.46. The van der Waals surface area contributed by atoms with Crippen LogP contribution in [0.15, 0.2) is 0 Å². The first kappa shape index (κ1) is 14.8. The van der Waals surface area contributed by atoms with E-state index in [-0.39, 0.29) is 5.92 Å². The SMILES string of the molecule is CCC(CN1CCC(C(=O)O)CC1)N1CCNCC1. The molecule has 2 fully saturated rings. The summed E-state index contributed by atoms with van der Waals surface area (Å²) in [5.74, 6) is -0.732. The lowest BCUT2D eigenvalue weighted by molar-refractivity contribution is -0.143. The summed E-state index contributed by atoms with van der Waals surface area (Å²) in [5.41, 5.74) is 0. The number of likely N-dealkylation sites (tertiary alicyclic amines) is 1. The van der Waals surface area contributed by atoms with Gasteiger partial charge in [0.25, 0.3) is 0 Å². The van der Waals surface area contributed by atoms with Crippen molar-refractivity contribution >= 4 is 5.97 Å². The van der Waals surface area contributed by atoms with Crippen LogP contribution < -0.4 is 5.32 Å². The zero-order valence-corrected chi connectivity index (χ0v) is 12.0. The quantitative estimate of drug-likeness (QED) is 0.760. The van der Waals surface area contributed by atoms with Crippen LogP contribution in [0.3, 0.4) is 0 Å². The second kappa shape index (κ2) is 7.22. The van der Waals surface area contributed by atoms with E-state index in [0.29, 0.717) is 6.04 Å². The van der Waals surface area contributed by atoms with Crippen molar-refractivity contribution in [3.8, 4) is 0 Å². The summed E-state index contributed by atoms with van der Waals surface area (Å²) in [4.78, 5) is 16.0. The van der Waals surface area contributed by atoms with Crippen molar-refractivity contribution < 1.29 is 9.90 Å². The first-order chi connectivity index (χ1) is 9.20. The van der Waals surface area contributed by atoms with Crippen molar-refractivity contribution in [2.75, 3.05) is 45.8 Å². The van der Waals surface area contributed by atoms with Crippen LogP contribution in [0.2, 0.25) is 0 Å². The zero-order valence-electron chi connectivity index (χ0n) is 12.0. The highest BCUT2D eigenvalue weighted by atomic mass is 16.4. The Labute approximate surface area is 115 Å². The van der Waals surface area contributed by atoms with E-state index in [1.165, 1.54) is 6.42 Å². The molecule has 5 nitrogen and oxygen atoms in total. The van der Waals surface area contributed by atoms with Crippen LogP contribution >= 0.6 is 0 Å². The Morgan fingerprint density at radius 1 is 1.26 bits per heavy atom. The molecule has 0 aromatic heterocycles. The van der Waals surface area contributed by atoms with E-state index in [9.17, 15) is 4.79 Å². The Hall–Kier alpha value is -0.650. The summed E-state index contributed by atoms with van der Waals surface area (Å²) in [6.07, 6.45) is 2.81. The Bertz CT molecular complexity index is 284. The largest absolute Gasteiger partial charge is 0.481 e. The molecule has 5 heteroatoms. The third-order valence-corrected chi connectivity index (χ3v) is 4.55. The van der Waals surface area contributed by atoms with Crippen LogP contribution in [-0.4, -0.2) is 72.7 Å². The van der Waals surface area contributed by atoms with Gasteiger partial charge in [-0.1, -0.05) is 6.92 Å². The molecule has 2 aliphatic rings. The molecule has 110 valence electrons. The third-order valence-electron chi connectivity index (χ3n) is 4.55. The number of hydrogen-bond acceptors (Lipinski definition) is 4. The normalized spacial score (nSPS) is 25.3. The van der Waals surface area contributed by atoms with Gasteiger partial charge >= 0.3 is 5.97 Å². The van der Waals surface area contributed by atoms with Crippen LogP contribution in [0.1, 0.15) is 26.2 Å². The van der Waals surface area contributed by atoms with Crippen molar-refractivity contribution in [1.29, 1.82) is 0 Å². The fraction of sp³-hybridized carbons (Fsp3) is 0.929. The van der Waals surface area contributed by atoms with Crippen LogP contribution in [0.25, 0.3) is 0 Å². The maximum atomic E-state index is 11.0. The predicted molar refractivity (Wildman–Crippen MR) is 75.3 cm³/mol. The van der Waals surface area contributed by atoms with Crippen molar-refractivity contribution in [2.24, 2.45) is 5.92 Å². The van der Waals surface area contributed by atoms with Gasteiger partial charge in [-0.05, 0) is 32.4 Å². The highest BCUT2D eigenvalue weighted by Gasteiger charge is 2.27. The number of rotatable bonds is 5. The van der Waals surface area contributed by atoms with E-state index in [0.717, 1.165) is 58.7 Å². The van der Waals surface area contributed by atoms with Gasteiger partial charge in [0.15, 0.2) is 0 Å². The van der Waals surface area contributed by atoms with Crippen LogP contribution in [0, 0.1) is 5.92 Å². The Balaban J connectivity index is 1.77. The topological polar surface area (TPSA) is 55.8 Å². The number of carboxylic acid groups (broad SMARTS) is 1. The molecule has 0 aromatic rings. The highest BCUT2D eigenvalue weighted by Crippen LogP contribution is 2.19. The van der Waals surface area contributed by atoms with Crippen LogP contribution in [0.4, 0.5) is 0 Å². The molecule has 0 aliphatic carbocycles. The third kappa shape index (κ3) is 4.16. The number of nitrogens with one attached hydrogen (secondary N) is 1. The molecule has 2 aliphatic heterocycles. The van der Waals surface area contributed by atoms with Crippen molar-refractivity contribution in [2.45, 2.75) is 32.2 Å². The van der Waals surface area contributed by atoms with Crippen LogP contribution in [-0.2, 0) is 4.79 Å². The lowest BCUT2D eigenvalue weighted by Gasteiger charge is -2.39. The summed E-state index contributed by atoms with van der Waals surface area (Å²) >= 11 is 0. The van der Waals surface area contributed by atoms with Crippen LogP contribution in [0.5, 0.6) is 0 Å². The predicted octanol–water partition coefficient (Wildman–Crippen LogP) is 0.467. The van der Waals surface area contributed by atoms with Gasteiger partial charge in [-0.3, -0.25) is 9.69 Å². The first-order valence-electron chi connectivity index (χ1n) is 7.60. The Morgan fingerprint density at radius 2 is 1.89 bits per heavy atom. The zero-order chi connectivity index (χ0) is 13.7. The molecule has 2 N–H and O–H groups in total. The molecule has 0 bridgehead atoms. The molecular weight excluding hydrogens is 242 g/mol. The molecule has 19 heavy (non-hydrogen) atoms. The monoisotopic (exact) mass is 269 g/mol. The molecule has 1 unspecified atom stereocenters. The fourth-order valence-electron chi connectivity index (χ4n) is 3.21. The van der Waals surface area contributed by atoms with E-state index in [1.54, 1.807) is 0 Å². The van der Waals surface area contributed by atoms with Gasteiger partial charge in [-0.2, -0.15) is 0 Å². The first-order valence-corrected chi connectivity index (χ1v) is 7.60. The molecule has 0 spiro atoms. The number of piperidine rings is 1. The van der Waals surface area contributed by atoms with E-state index < -0.39 is 5.97 Å². The van der Waals surface area contributed by atoms with E-state index in [4.69, 9.17) is 5.11 Å². The minimum Gasteiger partial charge on any atom is -0.481 e. The average molecular weight is 269 g/mol. The van der Waals surface area contributed by atoms with Gasteiger partial charge in [-0.25, -0.2) is 0 Å². The fourth-order valence-corrected chi connectivity index (χ4v) is 3.21. The number of nitrogens with zero attached hydrogens (tertiary/aromatic N) is 2. The number of carboxylic acids is 1. The molecule has 2 heterocycles. The van der Waals surface area contributed by atoms with Gasteiger partial charge in [0.1, 0.15) is 0 Å². The van der Waals surface area contributed by atoms with Gasteiger partial charge in [0.05, 0.1) is 5.92 Å². The van der Waals surface area contributed by atoms with E-state index in [1.807, 2.05) is 0 Å². The van der Waals surface area contributed by atoms with E-state index in [2.05, 4.69) is 22.0 Å². The van der Waals surface area contributed by atoms with Crippen molar-refractivity contribution in [1.82, 2.24) is 15.1 Å². The summed E-state index contributed by atoms with van der Waals surface area (Å²) in [5, 5.41) is 12.4. The molecule has 0 saturated carbocycles. The molecule has 0 aromatic carbocycles. The lowest BCUT2D eigenvalue weighted by atomic mass is 9.96. The maximum absolute atomic E-state index is 11.0. The van der Waals surface area contributed by atoms with Gasteiger partial charge < -0.3 is 15.3 Å². The number of piperazine rings is 1. The summed E-state index contributed by atoms with van der Waals surface area (Å²) in [7, 11) is 0. The van der Waals surface area contributed by atoms with Gasteiger partial charge in [0, 0.05) is 38.8 Å². The number of aliphatic carboxylic acids is 1. The lowest BCUT2D eigenvalue weighted by Crippen LogP contribution is -2.52. The Morgan fingerprint density at radius 3 is 2.42 bits per heavy atom. The van der Waals surface area contributed by atoms with Gasteiger partial charge in [-0.15, -0.1) is 0 Å². The molecule has 0 amide bonds. The van der Waals surface area contributed by atoms with E-state index >= 15 is 0 Å². The summed E-state index contributed by atoms with van der Waals surface area (Å²) in [6.45, 7) is 9.72. The Kier molecular flexibility index (Phi) is 5.60. The molecular formula is C14H27N3O2. The van der Waals surface area contributed by atoms with Gasteiger partial charge in [0.2, 0.25) is 0 Å². The molecule has 0 radical (unpaired) electrons. The second-order valence-electron chi connectivity index (χ2n) is 5.76. The standard InChI is InChI=1S/C14H27N3O2/c1-2-13(17-9-5-15-6-10-17)11-16-7-3-12(4-8-16)14(18)19/h12-13,15H,2-11H2,1H3,(H,18,19). The molecule has 1 atom stereocenters. The second-order valence-corrected chi connectivity index (χ2v) is 5.76.